The molecule has 0 spiro atoms. The maximum atomic E-state index is 11.0. The van der Waals surface area contributed by atoms with Crippen molar-refractivity contribution in [3.63, 3.8) is 0 Å². The van der Waals surface area contributed by atoms with Crippen molar-refractivity contribution >= 4 is 16.9 Å². The minimum Gasteiger partial charge on any atom is -0.368 e. The number of imidazole rings is 1. The number of aromatic nitrogens is 2. The topological polar surface area (TPSA) is 86.9 Å². The van der Waals surface area contributed by atoms with Gasteiger partial charge < -0.3 is 16.0 Å². The van der Waals surface area contributed by atoms with Crippen molar-refractivity contribution in [1.82, 2.24) is 9.55 Å². The lowest BCUT2D eigenvalue weighted by Crippen LogP contribution is -2.40. The molecule has 1 aromatic carbocycles. The van der Waals surface area contributed by atoms with Crippen LogP contribution in [0, 0.1) is 0 Å². The van der Waals surface area contributed by atoms with Gasteiger partial charge in [0.2, 0.25) is 5.91 Å². The van der Waals surface area contributed by atoms with Crippen LogP contribution in [-0.2, 0) is 17.8 Å². The molecule has 0 aliphatic heterocycles. The van der Waals surface area contributed by atoms with Gasteiger partial charge in [0, 0.05) is 13.0 Å². The van der Waals surface area contributed by atoms with Gasteiger partial charge in [0.25, 0.3) is 0 Å². The Bertz CT molecular complexity index is 546. The first-order chi connectivity index (χ1) is 8.13. The molecule has 1 aromatic heterocycles. The van der Waals surface area contributed by atoms with E-state index < -0.39 is 11.9 Å². The molecule has 0 aliphatic carbocycles. The Kier molecular flexibility index (Phi) is 3.10. The minimum absolute atomic E-state index is 0.374. The minimum atomic E-state index is -0.682. The molecule has 1 unspecified atom stereocenters. The highest BCUT2D eigenvalue weighted by molar-refractivity contribution is 5.80. The molecule has 0 saturated carbocycles. The quantitative estimate of drug-likeness (QED) is 0.800. The summed E-state index contributed by atoms with van der Waals surface area (Å²) in [6.07, 6.45) is 0.792. The Morgan fingerprint density at radius 2 is 2.18 bits per heavy atom. The zero-order valence-electron chi connectivity index (χ0n) is 9.76. The number of nitrogens with zero attached hydrogens (tertiary/aromatic N) is 2. The highest BCUT2D eigenvalue weighted by atomic mass is 16.1. The molecule has 2 aromatic rings. The standard InChI is InChI=1S/C12H16N4O/c1-2-11-15-9-5-3-4-6-10(9)16(11)7-8(13)12(14)17/h3-6,8H,2,7,13H2,1H3,(H2,14,17). The second-order valence-electron chi connectivity index (χ2n) is 3.99. The SMILES string of the molecule is CCc1nc2ccccc2n1CC(N)C(N)=O. The first kappa shape index (κ1) is 11.6. The van der Waals surface area contributed by atoms with Crippen molar-refractivity contribution < 1.29 is 4.79 Å². The number of aryl methyl sites for hydroxylation is 1. The first-order valence-corrected chi connectivity index (χ1v) is 5.62. The number of fused-ring (bicyclic) bond motifs is 1. The normalized spacial score (nSPS) is 12.8. The largest absolute Gasteiger partial charge is 0.368 e. The maximum absolute atomic E-state index is 11.0. The molecule has 5 heteroatoms. The van der Waals surface area contributed by atoms with E-state index in [2.05, 4.69) is 4.98 Å². The van der Waals surface area contributed by atoms with Crippen LogP contribution in [0.1, 0.15) is 12.7 Å². The van der Waals surface area contributed by atoms with Gasteiger partial charge in [0.05, 0.1) is 11.0 Å². The highest BCUT2D eigenvalue weighted by Gasteiger charge is 2.15. The van der Waals surface area contributed by atoms with E-state index in [4.69, 9.17) is 11.5 Å². The first-order valence-electron chi connectivity index (χ1n) is 5.62. The van der Waals surface area contributed by atoms with Gasteiger partial charge in [0.1, 0.15) is 11.9 Å². The molecule has 2 rings (SSSR count). The summed E-state index contributed by atoms with van der Waals surface area (Å²) < 4.78 is 1.96. The molecule has 4 N–H and O–H groups in total. The molecule has 1 heterocycles. The van der Waals surface area contributed by atoms with Crippen LogP contribution in [0.15, 0.2) is 24.3 Å². The summed E-state index contributed by atoms with van der Waals surface area (Å²) in [7, 11) is 0. The fraction of sp³-hybridized carbons (Fsp3) is 0.333. The van der Waals surface area contributed by atoms with Crippen molar-refractivity contribution in [2.24, 2.45) is 11.5 Å². The van der Waals surface area contributed by atoms with Crippen molar-refractivity contribution in [3.8, 4) is 0 Å². The molecule has 0 fully saturated rings. The van der Waals surface area contributed by atoms with Gasteiger partial charge in [-0.2, -0.15) is 0 Å². The molecule has 5 nitrogen and oxygen atoms in total. The number of rotatable bonds is 4. The Hall–Kier alpha value is -1.88. The number of benzene rings is 1. The molecular weight excluding hydrogens is 216 g/mol. The van der Waals surface area contributed by atoms with Crippen LogP contribution in [0.5, 0.6) is 0 Å². The van der Waals surface area contributed by atoms with Crippen LogP contribution in [0.3, 0.4) is 0 Å². The van der Waals surface area contributed by atoms with Gasteiger partial charge in [0.15, 0.2) is 0 Å². The van der Waals surface area contributed by atoms with Crippen LogP contribution < -0.4 is 11.5 Å². The third-order valence-corrected chi connectivity index (χ3v) is 2.79. The second kappa shape index (κ2) is 4.55. The second-order valence-corrected chi connectivity index (χ2v) is 3.99. The summed E-state index contributed by atoms with van der Waals surface area (Å²) in [6, 6.07) is 7.11. The number of para-hydroxylation sites is 2. The summed E-state index contributed by atoms with van der Waals surface area (Å²) in [5, 5.41) is 0. The van der Waals surface area contributed by atoms with E-state index in [0.717, 1.165) is 23.3 Å². The Morgan fingerprint density at radius 1 is 1.47 bits per heavy atom. The molecule has 1 amide bonds. The van der Waals surface area contributed by atoms with E-state index in [9.17, 15) is 4.79 Å². The van der Waals surface area contributed by atoms with Crippen molar-refractivity contribution in [2.45, 2.75) is 25.9 Å². The van der Waals surface area contributed by atoms with Gasteiger partial charge >= 0.3 is 0 Å². The zero-order valence-corrected chi connectivity index (χ0v) is 9.76. The van der Waals surface area contributed by atoms with Gasteiger partial charge in [-0.1, -0.05) is 19.1 Å². The van der Waals surface area contributed by atoms with E-state index >= 15 is 0 Å². The molecule has 0 saturated heterocycles. The van der Waals surface area contributed by atoms with E-state index in [1.54, 1.807) is 0 Å². The lowest BCUT2D eigenvalue weighted by Gasteiger charge is -2.11. The number of nitrogens with two attached hydrogens (primary N) is 2. The lowest BCUT2D eigenvalue weighted by molar-refractivity contribution is -0.119. The third-order valence-electron chi connectivity index (χ3n) is 2.79. The van der Waals surface area contributed by atoms with Gasteiger partial charge in [-0.05, 0) is 12.1 Å². The fourth-order valence-corrected chi connectivity index (χ4v) is 1.89. The van der Waals surface area contributed by atoms with E-state index in [1.807, 2.05) is 35.8 Å². The maximum Gasteiger partial charge on any atom is 0.236 e. The number of hydrogen-bond acceptors (Lipinski definition) is 3. The molecular formula is C12H16N4O. The van der Waals surface area contributed by atoms with Crippen molar-refractivity contribution in [2.75, 3.05) is 0 Å². The summed E-state index contributed by atoms with van der Waals surface area (Å²) >= 11 is 0. The molecule has 0 bridgehead atoms. The summed E-state index contributed by atoms with van der Waals surface area (Å²) in [5.41, 5.74) is 12.8. The zero-order chi connectivity index (χ0) is 12.4. The van der Waals surface area contributed by atoms with Crippen LogP contribution in [0.4, 0.5) is 0 Å². The number of carbonyl (C=O) groups is 1. The average molecular weight is 232 g/mol. The average Bonchev–Trinajstić information content (AvgIpc) is 2.67. The Labute approximate surface area is 99.4 Å². The van der Waals surface area contributed by atoms with Gasteiger partial charge in [-0.3, -0.25) is 4.79 Å². The number of primary amides is 1. The Morgan fingerprint density at radius 3 is 2.82 bits per heavy atom. The molecule has 1 atom stereocenters. The molecule has 17 heavy (non-hydrogen) atoms. The number of hydrogen-bond donors (Lipinski definition) is 2. The molecule has 90 valence electrons. The van der Waals surface area contributed by atoms with Crippen LogP contribution in [0.2, 0.25) is 0 Å². The van der Waals surface area contributed by atoms with Gasteiger partial charge in [-0.15, -0.1) is 0 Å². The van der Waals surface area contributed by atoms with Crippen molar-refractivity contribution in [3.05, 3.63) is 30.1 Å². The van der Waals surface area contributed by atoms with Gasteiger partial charge in [-0.25, -0.2) is 4.98 Å². The third kappa shape index (κ3) is 2.14. The fourth-order valence-electron chi connectivity index (χ4n) is 1.89. The van der Waals surface area contributed by atoms with Crippen molar-refractivity contribution in [1.29, 1.82) is 0 Å². The molecule has 0 radical (unpaired) electrons. The van der Waals surface area contributed by atoms with Crippen LogP contribution in [0.25, 0.3) is 11.0 Å². The van der Waals surface area contributed by atoms with Crippen LogP contribution >= 0.6 is 0 Å². The summed E-state index contributed by atoms with van der Waals surface area (Å²) in [6.45, 7) is 2.40. The van der Waals surface area contributed by atoms with E-state index in [1.165, 1.54) is 0 Å². The smallest absolute Gasteiger partial charge is 0.236 e. The lowest BCUT2D eigenvalue weighted by atomic mass is 10.2. The monoisotopic (exact) mass is 232 g/mol. The number of carbonyl (C=O) groups excluding carboxylic acids is 1. The highest BCUT2D eigenvalue weighted by Crippen LogP contribution is 2.16. The molecule has 0 aliphatic rings. The van der Waals surface area contributed by atoms with E-state index in [-0.39, 0.29) is 0 Å². The summed E-state index contributed by atoms with van der Waals surface area (Å²) in [5.74, 6) is 0.424. The van der Waals surface area contributed by atoms with E-state index in [0.29, 0.717) is 6.54 Å². The van der Waals surface area contributed by atoms with Crippen LogP contribution in [-0.4, -0.2) is 21.5 Å². The number of amides is 1. The predicted octanol–water partition coefficient (Wildman–Crippen LogP) is 0.411. The summed E-state index contributed by atoms with van der Waals surface area (Å²) in [4.78, 5) is 15.5. The predicted molar refractivity (Wildman–Crippen MR) is 66.3 cm³/mol. The Balaban J connectivity index is 2.46.